The number of ether oxygens (including phenoxy) is 1. The Labute approximate surface area is 175 Å². The zero-order valence-electron chi connectivity index (χ0n) is 16.6. The van der Waals surface area contributed by atoms with Crippen molar-refractivity contribution in [1.82, 2.24) is 25.3 Å². The van der Waals surface area contributed by atoms with Crippen molar-refractivity contribution in [2.45, 2.75) is 33.2 Å². The number of nitrogens with zero attached hydrogens (tertiary/aromatic N) is 4. The fourth-order valence-corrected chi connectivity index (χ4v) is 3.11. The molecular weight excluding hydrogens is 443 g/mol. The first-order chi connectivity index (χ1) is 12.1. The van der Waals surface area contributed by atoms with Crippen molar-refractivity contribution in [3.63, 3.8) is 0 Å². The van der Waals surface area contributed by atoms with E-state index >= 15 is 0 Å². The number of morpholine rings is 1. The Balaban J connectivity index is 0.00000338. The van der Waals surface area contributed by atoms with Gasteiger partial charge in [0.2, 0.25) is 0 Å². The molecule has 8 heteroatoms. The van der Waals surface area contributed by atoms with Gasteiger partial charge in [0.05, 0.1) is 26.0 Å². The molecule has 0 bridgehead atoms. The minimum atomic E-state index is 0. The summed E-state index contributed by atoms with van der Waals surface area (Å²) in [6.45, 7) is 12.8. The fraction of sp³-hybridized carbons (Fsp3) is 0.778. The van der Waals surface area contributed by atoms with E-state index in [0.29, 0.717) is 12.0 Å². The molecule has 0 radical (unpaired) electrons. The lowest BCUT2D eigenvalue weighted by Gasteiger charge is -2.36. The predicted molar refractivity (Wildman–Crippen MR) is 117 cm³/mol. The summed E-state index contributed by atoms with van der Waals surface area (Å²) < 4.78 is 7.32. The van der Waals surface area contributed by atoms with E-state index in [2.05, 4.69) is 47.6 Å². The molecule has 0 saturated carbocycles. The smallest absolute Gasteiger partial charge is 0.191 e. The van der Waals surface area contributed by atoms with Crippen LogP contribution >= 0.6 is 24.0 Å². The highest BCUT2D eigenvalue weighted by Crippen LogP contribution is 2.13. The highest BCUT2D eigenvalue weighted by molar-refractivity contribution is 14.0. The van der Waals surface area contributed by atoms with Gasteiger partial charge in [-0.15, -0.1) is 24.0 Å². The van der Waals surface area contributed by atoms with Crippen molar-refractivity contribution in [3.05, 3.63) is 18.0 Å². The molecule has 2 heterocycles. The second-order valence-electron chi connectivity index (χ2n) is 6.88. The maximum absolute atomic E-state index is 5.48. The van der Waals surface area contributed by atoms with E-state index in [1.165, 1.54) is 5.56 Å². The maximum atomic E-state index is 5.48. The number of guanidine groups is 1. The van der Waals surface area contributed by atoms with Gasteiger partial charge in [0.15, 0.2) is 5.96 Å². The summed E-state index contributed by atoms with van der Waals surface area (Å²) in [5, 5.41) is 11.0. The Hall–Kier alpha value is -0.870. The monoisotopic (exact) mass is 478 g/mol. The number of hydrogen-bond acceptors (Lipinski definition) is 4. The molecule has 2 rings (SSSR count). The molecule has 1 atom stereocenters. The van der Waals surface area contributed by atoms with Crippen LogP contribution in [-0.4, -0.2) is 72.6 Å². The molecule has 1 aliphatic rings. The highest BCUT2D eigenvalue weighted by Gasteiger charge is 2.23. The van der Waals surface area contributed by atoms with Crippen LogP contribution in [0.25, 0.3) is 0 Å². The first-order valence-corrected chi connectivity index (χ1v) is 9.41. The summed E-state index contributed by atoms with van der Waals surface area (Å²) in [7, 11) is 1.94. The molecule has 1 aromatic rings. The molecule has 2 N–H and O–H groups in total. The summed E-state index contributed by atoms with van der Waals surface area (Å²) in [4.78, 5) is 7.35. The predicted octanol–water partition coefficient (Wildman–Crippen LogP) is 1.49. The Morgan fingerprint density at radius 3 is 2.62 bits per heavy atom. The van der Waals surface area contributed by atoms with Crippen LogP contribution in [0.2, 0.25) is 0 Å². The number of aromatic nitrogens is 2. The quantitative estimate of drug-likeness (QED) is 0.337. The standard InChI is InChI=1S/C18H34N6O.HI/c1-5-19-18(20-7-6-16-12-22-23(4)14-16)21-13-17(15(2)3)24-8-10-25-11-9-24;/h12,14-15,17H,5-11,13H2,1-4H3,(H2,19,20,21);1H. The van der Waals surface area contributed by atoms with Gasteiger partial charge in [-0.3, -0.25) is 14.6 Å². The lowest BCUT2D eigenvalue weighted by atomic mass is 10.0. The molecule has 26 heavy (non-hydrogen) atoms. The van der Waals surface area contributed by atoms with Gasteiger partial charge in [-0.2, -0.15) is 5.10 Å². The van der Waals surface area contributed by atoms with Crippen LogP contribution in [0, 0.1) is 5.92 Å². The molecule has 1 saturated heterocycles. The number of halogens is 1. The van der Waals surface area contributed by atoms with Crippen molar-refractivity contribution in [1.29, 1.82) is 0 Å². The Bertz CT molecular complexity index is 528. The van der Waals surface area contributed by atoms with Gasteiger partial charge in [-0.05, 0) is 24.8 Å². The molecule has 0 spiro atoms. The summed E-state index contributed by atoms with van der Waals surface area (Å²) in [6.07, 6.45) is 4.91. The third kappa shape index (κ3) is 7.79. The number of aryl methyl sites for hydroxylation is 1. The van der Waals surface area contributed by atoms with Crippen LogP contribution < -0.4 is 10.6 Å². The van der Waals surface area contributed by atoms with E-state index in [1.807, 2.05) is 17.9 Å². The van der Waals surface area contributed by atoms with E-state index < -0.39 is 0 Å². The summed E-state index contributed by atoms with van der Waals surface area (Å²) in [5.74, 6) is 1.46. The second kappa shape index (κ2) is 12.5. The molecule has 7 nitrogen and oxygen atoms in total. The topological polar surface area (TPSA) is 66.7 Å². The van der Waals surface area contributed by atoms with Crippen LogP contribution in [-0.2, 0) is 18.2 Å². The normalized spacial score (nSPS) is 17.0. The third-order valence-corrected chi connectivity index (χ3v) is 4.53. The van der Waals surface area contributed by atoms with Crippen LogP contribution in [0.3, 0.4) is 0 Å². The zero-order valence-corrected chi connectivity index (χ0v) is 18.9. The van der Waals surface area contributed by atoms with Crippen molar-refractivity contribution in [3.8, 4) is 0 Å². The summed E-state index contributed by atoms with van der Waals surface area (Å²) in [6, 6.07) is 0.456. The third-order valence-electron chi connectivity index (χ3n) is 4.53. The lowest BCUT2D eigenvalue weighted by Crippen LogP contribution is -2.48. The first kappa shape index (κ1) is 23.2. The minimum Gasteiger partial charge on any atom is -0.379 e. The van der Waals surface area contributed by atoms with Crippen LogP contribution in [0.1, 0.15) is 26.3 Å². The van der Waals surface area contributed by atoms with Gasteiger partial charge in [0.1, 0.15) is 0 Å². The van der Waals surface area contributed by atoms with Crippen molar-refractivity contribution in [2.24, 2.45) is 18.0 Å². The van der Waals surface area contributed by atoms with E-state index in [0.717, 1.165) is 58.3 Å². The minimum absolute atomic E-state index is 0. The van der Waals surface area contributed by atoms with Gasteiger partial charge < -0.3 is 15.4 Å². The van der Waals surface area contributed by atoms with Crippen molar-refractivity contribution >= 4 is 29.9 Å². The lowest BCUT2D eigenvalue weighted by molar-refractivity contribution is 0.00867. The van der Waals surface area contributed by atoms with E-state index in [4.69, 9.17) is 9.73 Å². The number of aliphatic imine (C=N–C) groups is 1. The number of rotatable bonds is 8. The van der Waals surface area contributed by atoms with Gasteiger partial charge >= 0.3 is 0 Å². The van der Waals surface area contributed by atoms with Crippen molar-refractivity contribution < 1.29 is 4.74 Å². The SMILES string of the molecule is CCNC(=NCC(C(C)C)N1CCOCC1)NCCc1cnn(C)c1.I. The van der Waals surface area contributed by atoms with Crippen LogP contribution in [0.4, 0.5) is 0 Å². The van der Waals surface area contributed by atoms with Crippen molar-refractivity contribution in [2.75, 3.05) is 45.9 Å². The van der Waals surface area contributed by atoms with Crippen LogP contribution in [0.15, 0.2) is 17.4 Å². The molecule has 1 unspecified atom stereocenters. The summed E-state index contributed by atoms with van der Waals surface area (Å²) in [5.41, 5.74) is 1.24. The van der Waals surface area contributed by atoms with Gasteiger partial charge in [0.25, 0.3) is 0 Å². The molecule has 1 fully saturated rings. The van der Waals surface area contributed by atoms with Gasteiger partial charge in [-0.1, -0.05) is 13.8 Å². The molecule has 150 valence electrons. The van der Waals surface area contributed by atoms with E-state index in [1.54, 1.807) is 0 Å². The average Bonchev–Trinajstić information content (AvgIpc) is 3.01. The molecule has 0 aromatic carbocycles. The number of nitrogens with one attached hydrogen (secondary N) is 2. The maximum Gasteiger partial charge on any atom is 0.191 e. The Morgan fingerprint density at radius 2 is 2.04 bits per heavy atom. The fourth-order valence-electron chi connectivity index (χ4n) is 3.11. The number of hydrogen-bond donors (Lipinski definition) is 2. The summed E-state index contributed by atoms with van der Waals surface area (Å²) >= 11 is 0. The molecule has 0 amide bonds. The zero-order chi connectivity index (χ0) is 18.1. The highest BCUT2D eigenvalue weighted by atomic mass is 127. The van der Waals surface area contributed by atoms with Gasteiger partial charge in [0, 0.05) is 45.5 Å². The van der Waals surface area contributed by atoms with Crippen LogP contribution in [0.5, 0.6) is 0 Å². The molecule has 0 aliphatic carbocycles. The Morgan fingerprint density at radius 1 is 1.31 bits per heavy atom. The van der Waals surface area contributed by atoms with E-state index in [9.17, 15) is 0 Å². The average molecular weight is 478 g/mol. The second-order valence-corrected chi connectivity index (χ2v) is 6.88. The Kier molecular flexibility index (Phi) is 11.1. The largest absolute Gasteiger partial charge is 0.379 e. The van der Waals surface area contributed by atoms with E-state index in [-0.39, 0.29) is 24.0 Å². The molecular formula is C18H35IN6O. The molecule has 1 aromatic heterocycles. The first-order valence-electron chi connectivity index (χ1n) is 9.41. The molecule has 1 aliphatic heterocycles. The van der Waals surface area contributed by atoms with Gasteiger partial charge in [-0.25, -0.2) is 0 Å².